The summed E-state index contributed by atoms with van der Waals surface area (Å²) in [5.74, 6) is 0. The van der Waals surface area contributed by atoms with E-state index in [4.69, 9.17) is 18.5 Å². The lowest BCUT2D eigenvalue weighted by molar-refractivity contribution is -0.139. The van der Waals surface area contributed by atoms with Crippen molar-refractivity contribution in [3.05, 3.63) is 35.9 Å². The molecule has 0 aliphatic heterocycles. The second-order valence-electron chi connectivity index (χ2n) is 6.72. The summed E-state index contributed by atoms with van der Waals surface area (Å²) >= 11 is 0. The number of ether oxygens (including phenoxy) is 2. The van der Waals surface area contributed by atoms with Crippen LogP contribution in [0, 0.1) is 5.41 Å². The van der Waals surface area contributed by atoms with Crippen LogP contribution in [0.25, 0.3) is 0 Å². The second-order valence-corrected chi connectivity index (χ2v) is 7.63. The van der Waals surface area contributed by atoms with E-state index in [0.29, 0.717) is 0 Å². The number of benzene rings is 1. The topological polar surface area (TPSA) is 54.0 Å². The summed E-state index contributed by atoms with van der Waals surface area (Å²) in [6.07, 6.45) is 3.18. The first-order valence-electron chi connectivity index (χ1n) is 8.94. The average molecular weight is 369 g/mol. The molecule has 0 spiro atoms. The highest BCUT2D eigenvalue weighted by Gasteiger charge is 2.49. The molecule has 0 heterocycles. The van der Waals surface area contributed by atoms with Gasteiger partial charge >= 0.3 is 8.25 Å². The van der Waals surface area contributed by atoms with Crippen molar-refractivity contribution in [3.63, 3.8) is 0 Å². The molecule has 1 aliphatic rings. The van der Waals surface area contributed by atoms with Crippen LogP contribution in [0.2, 0.25) is 0 Å². The van der Waals surface area contributed by atoms with E-state index in [2.05, 4.69) is 13.8 Å². The minimum absolute atomic E-state index is 0.155. The largest absolute Gasteiger partial charge is 0.698 e. The van der Waals surface area contributed by atoms with Crippen LogP contribution in [0.15, 0.2) is 30.3 Å². The van der Waals surface area contributed by atoms with Gasteiger partial charge in [-0.05, 0) is 23.8 Å². The van der Waals surface area contributed by atoms with Crippen molar-refractivity contribution in [2.45, 2.75) is 64.4 Å². The fourth-order valence-electron chi connectivity index (χ4n) is 3.64. The van der Waals surface area contributed by atoms with Crippen LogP contribution in [-0.4, -0.2) is 32.5 Å². The van der Waals surface area contributed by atoms with Crippen LogP contribution < -0.4 is 0 Å². The monoisotopic (exact) mass is 369 g/mol. The van der Waals surface area contributed by atoms with Gasteiger partial charge in [0.2, 0.25) is 0 Å². The van der Waals surface area contributed by atoms with Gasteiger partial charge in [0.05, 0.1) is 12.2 Å². The van der Waals surface area contributed by atoms with Crippen molar-refractivity contribution >= 4 is 8.25 Å². The van der Waals surface area contributed by atoms with Crippen molar-refractivity contribution in [1.29, 1.82) is 0 Å². The van der Waals surface area contributed by atoms with Gasteiger partial charge in [-0.1, -0.05) is 57.0 Å². The average Bonchev–Trinajstić information content (AvgIpc) is 2.67. The molecule has 0 aromatic heterocycles. The van der Waals surface area contributed by atoms with Gasteiger partial charge in [0.15, 0.2) is 6.10 Å². The van der Waals surface area contributed by atoms with E-state index < -0.39 is 8.25 Å². The van der Waals surface area contributed by atoms with Gasteiger partial charge in [-0.15, -0.1) is 9.05 Å². The quantitative estimate of drug-likeness (QED) is 0.581. The molecule has 0 bridgehead atoms. The summed E-state index contributed by atoms with van der Waals surface area (Å²) < 4.78 is 34.8. The molecule has 140 valence electrons. The lowest BCUT2D eigenvalue weighted by Gasteiger charge is -2.45. The van der Waals surface area contributed by atoms with Gasteiger partial charge in [0.1, 0.15) is 6.61 Å². The van der Waals surface area contributed by atoms with Crippen molar-refractivity contribution in [2.24, 2.45) is 5.41 Å². The Labute approximate surface area is 152 Å². The Bertz CT molecular complexity index is 516. The molecule has 0 N–H and O–H groups in total. The lowest BCUT2D eigenvalue weighted by Crippen LogP contribution is -2.51. The molecule has 5 nitrogen and oxygen atoms in total. The molecule has 1 aromatic carbocycles. The number of hydrogen-bond acceptors (Lipinski definition) is 5. The summed E-state index contributed by atoms with van der Waals surface area (Å²) in [4.78, 5) is 0. The molecule has 25 heavy (non-hydrogen) atoms. The highest BCUT2D eigenvalue weighted by atomic mass is 31.1. The highest BCUT2D eigenvalue weighted by molar-refractivity contribution is 7.33. The molecule has 6 heteroatoms. The Morgan fingerprint density at radius 2 is 1.60 bits per heavy atom. The molecule has 3 atom stereocenters. The maximum atomic E-state index is 12.3. The Hall–Kier alpha value is -0.840. The first-order chi connectivity index (χ1) is 12.1. The smallest absolute Gasteiger partial charge is 0.378 e. The Balaban J connectivity index is 1.99. The molecule has 1 saturated carbocycles. The number of methoxy groups -OCH3 is 2. The third kappa shape index (κ3) is 5.32. The fourth-order valence-corrected chi connectivity index (χ4v) is 4.42. The maximum absolute atomic E-state index is 12.3. The third-order valence-corrected chi connectivity index (χ3v) is 6.25. The van der Waals surface area contributed by atoms with E-state index in [1.165, 1.54) is 0 Å². The van der Waals surface area contributed by atoms with Crippen molar-refractivity contribution in [1.82, 2.24) is 0 Å². The van der Waals surface area contributed by atoms with Crippen LogP contribution in [-0.2, 0) is 29.7 Å². The predicted molar refractivity (Wildman–Crippen MR) is 97.6 cm³/mol. The third-order valence-electron chi connectivity index (χ3n) is 5.49. The Kier molecular flexibility index (Phi) is 7.98. The molecule has 1 aromatic rings. The van der Waals surface area contributed by atoms with E-state index in [1.54, 1.807) is 14.2 Å². The molecule has 1 aliphatic carbocycles. The predicted octanol–water partition coefficient (Wildman–Crippen LogP) is 4.88. The molecule has 0 saturated heterocycles. The first-order valence-corrected chi connectivity index (χ1v) is 10.0. The molecule has 3 unspecified atom stereocenters. The van der Waals surface area contributed by atoms with Gasteiger partial charge < -0.3 is 9.47 Å². The molecule has 1 fully saturated rings. The zero-order chi connectivity index (χ0) is 18.3. The zero-order valence-corrected chi connectivity index (χ0v) is 16.5. The van der Waals surface area contributed by atoms with Gasteiger partial charge in [-0.3, -0.25) is 0 Å². The first kappa shape index (κ1) is 20.5. The molecule has 2 rings (SSSR count). The fraction of sp³-hybridized carbons (Fsp3) is 0.684. The van der Waals surface area contributed by atoms with Gasteiger partial charge in [-0.25, -0.2) is 0 Å². The molecule has 0 radical (unpaired) electrons. The van der Waals surface area contributed by atoms with Crippen LogP contribution in [0.4, 0.5) is 0 Å². The standard InChI is InChI=1S/C19H30O5P/c1-5-19(6-2)12-16(21-3)18(17(13-19)22-4)24-25(20)23-14-15-10-8-7-9-11-15/h7-11,16-18H,5-6,12-14H2,1-4H3/q+1. The molecular weight excluding hydrogens is 339 g/mol. The van der Waals surface area contributed by atoms with Crippen molar-refractivity contribution in [3.8, 4) is 0 Å². The van der Waals surface area contributed by atoms with E-state index in [-0.39, 0.29) is 30.3 Å². The summed E-state index contributed by atoms with van der Waals surface area (Å²) in [6, 6.07) is 9.63. The second kappa shape index (κ2) is 9.75. The van der Waals surface area contributed by atoms with Crippen molar-refractivity contribution in [2.75, 3.05) is 14.2 Å². The number of hydrogen-bond donors (Lipinski definition) is 0. The van der Waals surface area contributed by atoms with Gasteiger partial charge in [0.25, 0.3) is 0 Å². The van der Waals surface area contributed by atoms with Crippen LogP contribution >= 0.6 is 8.25 Å². The normalized spacial score (nSPS) is 26.4. The Morgan fingerprint density at radius 1 is 1.04 bits per heavy atom. The minimum Gasteiger partial charge on any atom is -0.378 e. The summed E-state index contributed by atoms with van der Waals surface area (Å²) in [5, 5.41) is 0. The molecular formula is C19H30O5P+. The van der Waals surface area contributed by atoms with Gasteiger partial charge in [0, 0.05) is 18.8 Å². The van der Waals surface area contributed by atoms with Crippen molar-refractivity contribution < 1.29 is 23.1 Å². The van der Waals surface area contributed by atoms with E-state index in [1.807, 2.05) is 30.3 Å². The van der Waals surface area contributed by atoms with E-state index in [0.717, 1.165) is 31.2 Å². The summed E-state index contributed by atoms with van der Waals surface area (Å²) in [5.41, 5.74) is 1.14. The van der Waals surface area contributed by atoms with E-state index >= 15 is 0 Å². The number of rotatable bonds is 9. The summed E-state index contributed by atoms with van der Waals surface area (Å²) in [6.45, 7) is 4.66. The van der Waals surface area contributed by atoms with Crippen LogP contribution in [0.5, 0.6) is 0 Å². The van der Waals surface area contributed by atoms with E-state index in [9.17, 15) is 4.57 Å². The summed E-state index contributed by atoms with van der Waals surface area (Å²) in [7, 11) is 1.11. The molecule has 0 amide bonds. The maximum Gasteiger partial charge on any atom is 0.698 e. The highest BCUT2D eigenvalue weighted by Crippen LogP contribution is 2.46. The minimum atomic E-state index is -2.24. The van der Waals surface area contributed by atoms with Gasteiger partial charge in [-0.2, -0.15) is 0 Å². The van der Waals surface area contributed by atoms with Crippen LogP contribution in [0.3, 0.4) is 0 Å². The zero-order valence-electron chi connectivity index (χ0n) is 15.6. The van der Waals surface area contributed by atoms with Crippen LogP contribution in [0.1, 0.15) is 45.1 Å². The lowest BCUT2D eigenvalue weighted by atomic mass is 9.67. The SMILES string of the molecule is CCC1(CC)CC(OC)C(O[P+](=O)OCc2ccccc2)C(OC)C1. The Morgan fingerprint density at radius 3 is 2.08 bits per heavy atom.